The number of hydrogen-bond acceptors (Lipinski definition) is 6. The summed E-state index contributed by atoms with van der Waals surface area (Å²) in [4.78, 5) is 34.4. The van der Waals surface area contributed by atoms with Crippen LogP contribution in [0, 0.1) is 0 Å². The minimum absolute atomic E-state index is 0.0395. The fraction of sp³-hybridized carbons (Fsp3) is 0.348. The number of nitrogens with zero attached hydrogens (tertiary/aromatic N) is 2. The third-order valence-electron chi connectivity index (χ3n) is 5.22. The number of benzene rings is 2. The van der Waals surface area contributed by atoms with E-state index in [1.165, 1.54) is 0 Å². The Morgan fingerprint density at radius 3 is 2.74 bits per heavy atom. The molecule has 0 saturated carbocycles. The summed E-state index contributed by atoms with van der Waals surface area (Å²) in [6.07, 6.45) is 1.82. The zero-order valence-corrected chi connectivity index (χ0v) is 17.4. The molecule has 1 fully saturated rings. The monoisotopic (exact) mass is 423 g/mol. The van der Waals surface area contributed by atoms with E-state index in [4.69, 9.17) is 14.2 Å². The van der Waals surface area contributed by atoms with Crippen LogP contribution in [0.4, 0.5) is 0 Å². The van der Waals surface area contributed by atoms with Gasteiger partial charge in [-0.15, -0.1) is 0 Å². The average molecular weight is 423 g/mol. The molecule has 162 valence electrons. The highest BCUT2D eigenvalue weighted by molar-refractivity contribution is 5.78. The zero-order valence-electron chi connectivity index (χ0n) is 17.4. The lowest BCUT2D eigenvalue weighted by molar-refractivity contribution is -0.135. The Labute approximate surface area is 179 Å². The number of fused-ring (bicyclic) bond motifs is 1. The van der Waals surface area contributed by atoms with Gasteiger partial charge in [0.25, 0.3) is 11.5 Å². The van der Waals surface area contributed by atoms with Crippen molar-refractivity contribution in [2.24, 2.45) is 0 Å². The Kier molecular flexibility index (Phi) is 6.47. The van der Waals surface area contributed by atoms with Crippen molar-refractivity contribution in [1.29, 1.82) is 0 Å². The van der Waals surface area contributed by atoms with Gasteiger partial charge in [-0.2, -0.15) is 0 Å². The summed E-state index contributed by atoms with van der Waals surface area (Å²) in [6, 6.07) is 14.3. The van der Waals surface area contributed by atoms with Crippen LogP contribution in [0.2, 0.25) is 0 Å². The van der Waals surface area contributed by atoms with Crippen LogP contribution in [0.25, 0.3) is 10.9 Å². The van der Waals surface area contributed by atoms with Crippen LogP contribution in [0.15, 0.2) is 53.3 Å². The molecule has 0 bridgehead atoms. The van der Waals surface area contributed by atoms with E-state index in [1.54, 1.807) is 42.3 Å². The highest BCUT2D eigenvalue weighted by Gasteiger charge is 2.24. The molecule has 31 heavy (non-hydrogen) atoms. The van der Waals surface area contributed by atoms with E-state index in [2.05, 4.69) is 9.97 Å². The molecule has 2 heterocycles. The number of ether oxygens (including phenoxy) is 3. The highest BCUT2D eigenvalue weighted by atomic mass is 16.5. The molecular weight excluding hydrogens is 398 g/mol. The summed E-state index contributed by atoms with van der Waals surface area (Å²) in [7, 11) is 1.55. The first-order valence-electron chi connectivity index (χ1n) is 10.3. The van der Waals surface area contributed by atoms with E-state index in [0.29, 0.717) is 41.4 Å². The first-order valence-corrected chi connectivity index (χ1v) is 10.3. The quantitative estimate of drug-likeness (QED) is 0.598. The number of aromatic nitrogens is 2. The maximum Gasteiger partial charge on any atom is 0.261 e. The lowest BCUT2D eigenvalue weighted by Crippen LogP contribution is -2.40. The first kappa shape index (κ1) is 20.9. The van der Waals surface area contributed by atoms with Crippen LogP contribution in [0.3, 0.4) is 0 Å². The third kappa shape index (κ3) is 5.03. The second-order valence-corrected chi connectivity index (χ2v) is 7.38. The number of nitrogens with one attached hydrogen (secondary N) is 1. The van der Waals surface area contributed by atoms with Crippen molar-refractivity contribution in [2.45, 2.75) is 25.5 Å². The third-order valence-corrected chi connectivity index (χ3v) is 5.22. The topological polar surface area (TPSA) is 93.8 Å². The highest BCUT2D eigenvalue weighted by Crippen LogP contribution is 2.26. The molecule has 0 spiro atoms. The van der Waals surface area contributed by atoms with E-state index >= 15 is 0 Å². The molecule has 1 aromatic heterocycles. The van der Waals surface area contributed by atoms with Crippen LogP contribution in [0.5, 0.6) is 11.5 Å². The molecule has 8 nitrogen and oxygen atoms in total. The van der Waals surface area contributed by atoms with Crippen LogP contribution in [0.1, 0.15) is 18.7 Å². The van der Waals surface area contributed by atoms with E-state index in [-0.39, 0.29) is 30.7 Å². The van der Waals surface area contributed by atoms with E-state index in [1.807, 2.05) is 18.2 Å². The van der Waals surface area contributed by atoms with Crippen molar-refractivity contribution in [3.8, 4) is 11.5 Å². The van der Waals surface area contributed by atoms with Crippen molar-refractivity contribution >= 4 is 16.8 Å². The fourth-order valence-corrected chi connectivity index (χ4v) is 3.65. The Balaban J connectivity index is 1.52. The van der Waals surface area contributed by atoms with Gasteiger partial charge in [0.15, 0.2) is 18.1 Å². The molecule has 1 saturated heterocycles. The van der Waals surface area contributed by atoms with Gasteiger partial charge in [0.1, 0.15) is 5.82 Å². The van der Waals surface area contributed by atoms with Gasteiger partial charge in [0.2, 0.25) is 0 Å². The zero-order chi connectivity index (χ0) is 21.6. The number of para-hydroxylation sites is 3. The molecule has 1 atom stereocenters. The molecule has 3 aromatic rings. The Bertz CT molecular complexity index is 1110. The number of methoxy groups -OCH3 is 1. The summed E-state index contributed by atoms with van der Waals surface area (Å²) in [5, 5.41) is 0.516. The van der Waals surface area contributed by atoms with Crippen LogP contribution in [-0.4, -0.2) is 53.7 Å². The van der Waals surface area contributed by atoms with Gasteiger partial charge in [-0.3, -0.25) is 9.59 Å². The van der Waals surface area contributed by atoms with Crippen molar-refractivity contribution in [3.63, 3.8) is 0 Å². The molecule has 0 radical (unpaired) electrons. The number of carbonyl (C=O) groups excluding carboxylic acids is 1. The molecule has 4 rings (SSSR count). The van der Waals surface area contributed by atoms with Gasteiger partial charge in [0, 0.05) is 13.2 Å². The predicted octanol–water partition coefficient (Wildman–Crippen LogP) is 2.52. The number of H-pyrrole nitrogens is 1. The summed E-state index contributed by atoms with van der Waals surface area (Å²) in [5.41, 5.74) is 0.367. The lowest BCUT2D eigenvalue weighted by atomic mass is 10.2. The van der Waals surface area contributed by atoms with Crippen LogP contribution < -0.4 is 15.0 Å². The number of hydrogen-bond donors (Lipinski definition) is 1. The number of carbonyl (C=O) groups is 1. The molecule has 1 aliphatic rings. The standard InChI is InChI=1S/C23H25N3O5/c1-29-19-10-4-5-11-20(19)31-15-22(27)26(13-16-7-6-12-30-16)14-21-24-18-9-3-2-8-17(18)23(28)25-21/h2-5,8-11,16H,6-7,12-15H2,1H3,(H,24,25,28)/t16-/m0/s1. The van der Waals surface area contributed by atoms with Gasteiger partial charge in [0.05, 0.1) is 30.7 Å². The summed E-state index contributed by atoms with van der Waals surface area (Å²) >= 11 is 0. The minimum atomic E-state index is -0.226. The normalized spacial score (nSPS) is 15.7. The lowest BCUT2D eigenvalue weighted by Gasteiger charge is -2.25. The van der Waals surface area contributed by atoms with Crippen molar-refractivity contribution in [1.82, 2.24) is 14.9 Å². The van der Waals surface area contributed by atoms with Gasteiger partial charge >= 0.3 is 0 Å². The SMILES string of the molecule is COc1ccccc1OCC(=O)N(Cc1nc2ccccc2c(=O)[nH]1)C[C@@H]1CCCO1. The van der Waals surface area contributed by atoms with Crippen LogP contribution >= 0.6 is 0 Å². The fourth-order valence-electron chi connectivity index (χ4n) is 3.65. The smallest absolute Gasteiger partial charge is 0.261 e. The molecule has 8 heteroatoms. The van der Waals surface area contributed by atoms with Crippen LogP contribution in [-0.2, 0) is 16.1 Å². The van der Waals surface area contributed by atoms with E-state index < -0.39 is 0 Å². The van der Waals surface area contributed by atoms with Gasteiger partial charge in [-0.25, -0.2) is 4.98 Å². The Hall–Kier alpha value is -3.39. The summed E-state index contributed by atoms with van der Waals surface area (Å²) in [6.45, 7) is 1.10. The minimum Gasteiger partial charge on any atom is -0.493 e. The van der Waals surface area contributed by atoms with Gasteiger partial charge in [-0.05, 0) is 37.1 Å². The second-order valence-electron chi connectivity index (χ2n) is 7.38. The van der Waals surface area contributed by atoms with E-state index in [0.717, 1.165) is 12.8 Å². The maximum absolute atomic E-state index is 13.0. The van der Waals surface area contributed by atoms with Crippen molar-refractivity contribution in [2.75, 3.05) is 26.9 Å². The summed E-state index contributed by atoms with van der Waals surface area (Å²) in [5.74, 6) is 1.25. The molecule has 0 aliphatic carbocycles. The molecule has 0 unspecified atom stereocenters. The maximum atomic E-state index is 13.0. The number of amides is 1. The van der Waals surface area contributed by atoms with E-state index in [9.17, 15) is 9.59 Å². The molecular formula is C23H25N3O5. The number of rotatable bonds is 8. The molecule has 1 aliphatic heterocycles. The molecule has 1 N–H and O–H groups in total. The largest absolute Gasteiger partial charge is 0.493 e. The molecule has 2 aromatic carbocycles. The summed E-state index contributed by atoms with van der Waals surface area (Å²) < 4.78 is 16.7. The van der Waals surface area contributed by atoms with Gasteiger partial charge in [-0.1, -0.05) is 24.3 Å². The average Bonchev–Trinajstić information content (AvgIpc) is 3.30. The predicted molar refractivity (Wildman–Crippen MR) is 115 cm³/mol. The second kappa shape index (κ2) is 9.61. The Morgan fingerprint density at radius 1 is 1.19 bits per heavy atom. The van der Waals surface area contributed by atoms with Gasteiger partial charge < -0.3 is 24.1 Å². The Morgan fingerprint density at radius 2 is 1.97 bits per heavy atom. The van der Waals surface area contributed by atoms with Crippen molar-refractivity contribution in [3.05, 3.63) is 64.7 Å². The first-order chi connectivity index (χ1) is 15.1. The van der Waals surface area contributed by atoms with Crippen molar-refractivity contribution < 1.29 is 19.0 Å². The molecule has 1 amide bonds. The number of aromatic amines is 1.